The van der Waals surface area contributed by atoms with E-state index in [0.717, 1.165) is 11.7 Å². The van der Waals surface area contributed by atoms with Crippen LogP contribution in [0.2, 0.25) is 0 Å². The fraction of sp³-hybridized carbons (Fsp3) is 0.909. The van der Waals surface area contributed by atoms with Crippen molar-refractivity contribution in [3.63, 3.8) is 0 Å². The van der Waals surface area contributed by atoms with E-state index >= 15 is 0 Å². The Hall–Kier alpha value is 0.0400. The lowest BCUT2D eigenvalue weighted by atomic mass is 10.1. The van der Waals surface area contributed by atoms with Crippen molar-refractivity contribution in [2.24, 2.45) is 0 Å². The lowest BCUT2D eigenvalue weighted by molar-refractivity contribution is 0.583. The molecule has 2 N–H and O–H groups in total. The Balaban J connectivity index is 2.31. The summed E-state index contributed by atoms with van der Waals surface area (Å²) in [5.74, 6) is 0. The lowest BCUT2D eigenvalue weighted by Gasteiger charge is -2.28. The fourth-order valence-corrected chi connectivity index (χ4v) is 3.25. The fourth-order valence-electron chi connectivity index (χ4n) is 2.03. The van der Waals surface area contributed by atoms with Gasteiger partial charge in [-0.3, -0.25) is 0 Å². The molecule has 1 saturated carbocycles. The molecule has 0 unspecified atom stereocenters. The van der Waals surface area contributed by atoms with Crippen molar-refractivity contribution in [2.75, 3.05) is 12.8 Å². The maximum absolute atomic E-state index is 5.23. The zero-order valence-corrected chi connectivity index (χ0v) is 11.6. The molecule has 4 heteroatoms. The van der Waals surface area contributed by atoms with Gasteiger partial charge >= 0.3 is 0 Å². The van der Waals surface area contributed by atoms with Crippen LogP contribution in [0.5, 0.6) is 0 Å². The molecule has 1 rings (SSSR count). The van der Waals surface area contributed by atoms with E-state index in [2.05, 4.69) is 30.7 Å². The minimum atomic E-state index is 0.416. The van der Waals surface area contributed by atoms with Gasteiger partial charge in [-0.15, -0.1) is 0 Å². The maximum atomic E-state index is 5.23. The van der Waals surface area contributed by atoms with E-state index in [9.17, 15) is 0 Å². The van der Waals surface area contributed by atoms with Crippen molar-refractivity contribution < 1.29 is 0 Å². The van der Waals surface area contributed by atoms with Crippen LogP contribution in [0.15, 0.2) is 0 Å². The first-order valence-corrected chi connectivity index (χ1v) is 7.31. The number of hydrogen-bond acceptors (Lipinski definition) is 2. The molecule has 0 bridgehead atoms. The SMILES string of the molecule is CSC1(CNC(=S)NC(C)C)CCCC1. The van der Waals surface area contributed by atoms with Crippen LogP contribution in [-0.2, 0) is 0 Å². The Bertz CT molecular complexity index is 211. The third-order valence-corrected chi connectivity index (χ3v) is 4.62. The Morgan fingerprint density at radius 2 is 2.00 bits per heavy atom. The van der Waals surface area contributed by atoms with Gasteiger partial charge in [0, 0.05) is 17.3 Å². The molecule has 0 spiro atoms. The molecule has 0 heterocycles. The van der Waals surface area contributed by atoms with E-state index in [0.29, 0.717) is 10.8 Å². The molecule has 0 aromatic rings. The zero-order valence-electron chi connectivity index (χ0n) is 9.93. The highest BCUT2D eigenvalue weighted by atomic mass is 32.2. The number of thioether (sulfide) groups is 1. The van der Waals surface area contributed by atoms with Gasteiger partial charge in [0.1, 0.15) is 0 Å². The number of hydrogen-bond donors (Lipinski definition) is 2. The van der Waals surface area contributed by atoms with E-state index in [-0.39, 0.29) is 0 Å². The van der Waals surface area contributed by atoms with Gasteiger partial charge in [-0.1, -0.05) is 12.8 Å². The largest absolute Gasteiger partial charge is 0.361 e. The quantitative estimate of drug-likeness (QED) is 0.745. The van der Waals surface area contributed by atoms with Gasteiger partial charge in [0.05, 0.1) is 0 Å². The molecule has 2 nitrogen and oxygen atoms in total. The van der Waals surface area contributed by atoms with Crippen molar-refractivity contribution in [2.45, 2.75) is 50.3 Å². The van der Waals surface area contributed by atoms with Crippen molar-refractivity contribution in [3.8, 4) is 0 Å². The van der Waals surface area contributed by atoms with E-state index in [4.69, 9.17) is 12.2 Å². The average molecular weight is 246 g/mol. The molecule has 88 valence electrons. The number of nitrogens with one attached hydrogen (secondary N) is 2. The van der Waals surface area contributed by atoms with Crippen LogP contribution in [0.4, 0.5) is 0 Å². The minimum Gasteiger partial charge on any atom is -0.361 e. The summed E-state index contributed by atoms with van der Waals surface area (Å²) >= 11 is 7.22. The maximum Gasteiger partial charge on any atom is 0.166 e. The van der Waals surface area contributed by atoms with Crippen LogP contribution >= 0.6 is 24.0 Å². The summed E-state index contributed by atoms with van der Waals surface area (Å²) in [6.07, 6.45) is 7.60. The summed E-state index contributed by atoms with van der Waals surface area (Å²) in [5, 5.41) is 7.36. The third-order valence-electron chi connectivity index (χ3n) is 2.94. The molecular weight excluding hydrogens is 224 g/mol. The van der Waals surface area contributed by atoms with Gasteiger partial charge in [-0.05, 0) is 45.2 Å². The molecule has 0 amide bonds. The van der Waals surface area contributed by atoms with E-state index in [1.165, 1.54) is 25.7 Å². The van der Waals surface area contributed by atoms with Crippen LogP contribution in [-0.4, -0.2) is 28.7 Å². The van der Waals surface area contributed by atoms with Gasteiger partial charge in [-0.2, -0.15) is 11.8 Å². The Labute approximate surface area is 103 Å². The Morgan fingerprint density at radius 3 is 2.47 bits per heavy atom. The number of thiocarbonyl (C=S) groups is 1. The molecule has 1 fully saturated rings. The predicted octanol–water partition coefficient (Wildman–Crippen LogP) is 2.53. The lowest BCUT2D eigenvalue weighted by Crippen LogP contribution is -2.45. The van der Waals surface area contributed by atoms with Crippen molar-refractivity contribution in [1.82, 2.24) is 10.6 Å². The van der Waals surface area contributed by atoms with Gasteiger partial charge in [0.15, 0.2) is 5.11 Å². The normalized spacial score (nSPS) is 19.2. The monoisotopic (exact) mass is 246 g/mol. The molecule has 0 saturated heterocycles. The molecule has 0 atom stereocenters. The average Bonchev–Trinajstić information content (AvgIpc) is 2.63. The molecule has 0 aromatic heterocycles. The van der Waals surface area contributed by atoms with Crippen molar-refractivity contribution >= 4 is 29.1 Å². The van der Waals surface area contributed by atoms with Crippen LogP contribution in [0.25, 0.3) is 0 Å². The summed E-state index contributed by atoms with van der Waals surface area (Å²) in [7, 11) is 0. The second-order valence-electron chi connectivity index (χ2n) is 4.58. The standard InChI is InChI=1S/C11H22N2S2/c1-9(2)13-10(14)12-8-11(15-3)6-4-5-7-11/h9H,4-8H2,1-3H3,(H2,12,13,14). The van der Waals surface area contributed by atoms with E-state index in [1.807, 2.05) is 11.8 Å². The summed E-state index contributed by atoms with van der Waals surface area (Å²) in [6, 6.07) is 0.416. The number of rotatable bonds is 4. The van der Waals surface area contributed by atoms with E-state index < -0.39 is 0 Å². The van der Waals surface area contributed by atoms with Crippen LogP contribution in [0.3, 0.4) is 0 Å². The molecule has 0 radical (unpaired) electrons. The van der Waals surface area contributed by atoms with Gasteiger partial charge in [-0.25, -0.2) is 0 Å². The highest BCUT2D eigenvalue weighted by Gasteiger charge is 2.32. The van der Waals surface area contributed by atoms with E-state index in [1.54, 1.807) is 0 Å². The Kier molecular flexibility index (Phi) is 5.19. The molecule has 1 aliphatic rings. The first-order valence-electron chi connectivity index (χ1n) is 5.67. The first kappa shape index (κ1) is 13.1. The van der Waals surface area contributed by atoms with Gasteiger partial charge in [0.2, 0.25) is 0 Å². The van der Waals surface area contributed by atoms with Crippen LogP contribution in [0, 0.1) is 0 Å². The van der Waals surface area contributed by atoms with Crippen LogP contribution in [0.1, 0.15) is 39.5 Å². The van der Waals surface area contributed by atoms with Crippen LogP contribution < -0.4 is 10.6 Å². The molecular formula is C11H22N2S2. The summed E-state index contributed by atoms with van der Waals surface area (Å²) in [6.45, 7) is 5.22. The van der Waals surface area contributed by atoms with Gasteiger partial charge in [0.25, 0.3) is 0 Å². The smallest absolute Gasteiger partial charge is 0.166 e. The molecule has 0 aliphatic heterocycles. The highest BCUT2D eigenvalue weighted by Crippen LogP contribution is 2.39. The minimum absolute atomic E-state index is 0.416. The third kappa shape index (κ3) is 4.19. The predicted molar refractivity (Wildman–Crippen MR) is 73.6 cm³/mol. The second kappa shape index (κ2) is 5.94. The van der Waals surface area contributed by atoms with Crippen molar-refractivity contribution in [3.05, 3.63) is 0 Å². The zero-order chi connectivity index (χ0) is 11.3. The summed E-state index contributed by atoms with van der Waals surface area (Å²) in [4.78, 5) is 0. The van der Waals surface area contributed by atoms with Gasteiger partial charge < -0.3 is 10.6 Å². The summed E-state index contributed by atoms with van der Waals surface area (Å²) < 4.78 is 0.433. The highest BCUT2D eigenvalue weighted by molar-refractivity contribution is 8.00. The molecule has 15 heavy (non-hydrogen) atoms. The second-order valence-corrected chi connectivity index (χ2v) is 6.26. The summed E-state index contributed by atoms with van der Waals surface area (Å²) in [5.41, 5.74) is 0. The topological polar surface area (TPSA) is 24.1 Å². The van der Waals surface area contributed by atoms with Crippen molar-refractivity contribution in [1.29, 1.82) is 0 Å². The Morgan fingerprint density at radius 1 is 1.40 bits per heavy atom. The molecule has 0 aromatic carbocycles. The molecule has 1 aliphatic carbocycles. The first-order chi connectivity index (χ1) is 7.08.